The summed E-state index contributed by atoms with van der Waals surface area (Å²) in [6, 6.07) is 13.8. The number of piperidine rings is 1. The van der Waals surface area contributed by atoms with E-state index in [1.54, 1.807) is 12.1 Å². The van der Waals surface area contributed by atoms with Crippen molar-refractivity contribution in [2.24, 2.45) is 0 Å². The van der Waals surface area contributed by atoms with Crippen molar-refractivity contribution in [3.63, 3.8) is 0 Å². The molecular weight excluding hydrogens is 290 g/mol. The Kier molecular flexibility index (Phi) is 4.42. The summed E-state index contributed by atoms with van der Waals surface area (Å²) in [7, 11) is 0. The molecule has 0 atom stereocenters. The number of nitrogens with zero attached hydrogens (tertiary/aromatic N) is 1. The van der Waals surface area contributed by atoms with Gasteiger partial charge in [-0.2, -0.15) is 0 Å². The molecule has 0 unspecified atom stereocenters. The second-order valence-corrected chi connectivity index (χ2v) is 5.78. The van der Waals surface area contributed by atoms with Crippen LogP contribution >= 0.6 is 0 Å². The van der Waals surface area contributed by atoms with Gasteiger partial charge in [-0.15, -0.1) is 0 Å². The highest BCUT2D eigenvalue weighted by atomic mass is 16.4. The Morgan fingerprint density at radius 3 is 2.09 bits per heavy atom. The highest BCUT2D eigenvalue weighted by molar-refractivity contribution is 6.12. The zero-order valence-corrected chi connectivity index (χ0v) is 12.9. The van der Waals surface area contributed by atoms with Gasteiger partial charge in [0.25, 0.3) is 0 Å². The molecule has 3 rings (SSSR count). The van der Waals surface area contributed by atoms with Gasteiger partial charge in [-0.25, -0.2) is 4.79 Å². The van der Waals surface area contributed by atoms with Gasteiger partial charge in [0.15, 0.2) is 5.78 Å². The van der Waals surface area contributed by atoms with E-state index in [0.717, 1.165) is 31.6 Å². The first kappa shape index (κ1) is 15.3. The number of carboxylic acids is 1. The van der Waals surface area contributed by atoms with Crippen LogP contribution in [0.15, 0.2) is 48.5 Å². The second-order valence-electron chi connectivity index (χ2n) is 5.78. The molecule has 0 radical (unpaired) electrons. The fourth-order valence-electron chi connectivity index (χ4n) is 3.00. The van der Waals surface area contributed by atoms with Crippen LogP contribution in [-0.4, -0.2) is 29.9 Å². The van der Waals surface area contributed by atoms with E-state index in [2.05, 4.69) is 4.90 Å². The van der Waals surface area contributed by atoms with Gasteiger partial charge in [-0.1, -0.05) is 24.3 Å². The standard InChI is InChI=1S/C19H19NO3/c21-18(14-8-10-15(11-9-14)19(22)23)16-6-2-3-7-17(16)20-12-4-1-5-13-20/h2-3,6-11H,1,4-5,12-13H2,(H,22,23). The van der Waals surface area contributed by atoms with Crippen molar-refractivity contribution in [1.82, 2.24) is 0 Å². The van der Waals surface area contributed by atoms with Crippen LogP contribution in [0.1, 0.15) is 45.5 Å². The third-order valence-corrected chi connectivity index (χ3v) is 4.24. The van der Waals surface area contributed by atoms with E-state index in [4.69, 9.17) is 5.11 Å². The Hall–Kier alpha value is -2.62. The molecule has 23 heavy (non-hydrogen) atoms. The van der Waals surface area contributed by atoms with Gasteiger partial charge < -0.3 is 10.0 Å². The van der Waals surface area contributed by atoms with Crippen LogP contribution in [0.3, 0.4) is 0 Å². The second kappa shape index (κ2) is 6.65. The number of para-hydroxylation sites is 1. The first-order valence-corrected chi connectivity index (χ1v) is 7.89. The molecule has 1 aliphatic heterocycles. The third kappa shape index (κ3) is 3.26. The van der Waals surface area contributed by atoms with Gasteiger partial charge >= 0.3 is 5.97 Å². The van der Waals surface area contributed by atoms with Gasteiger partial charge in [-0.05, 0) is 43.5 Å². The lowest BCUT2D eigenvalue weighted by Crippen LogP contribution is -2.30. The van der Waals surface area contributed by atoms with Crippen molar-refractivity contribution in [1.29, 1.82) is 0 Å². The summed E-state index contributed by atoms with van der Waals surface area (Å²) in [6.45, 7) is 1.95. The number of carbonyl (C=O) groups excluding carboxylic acids is 1. The van der Waals surface area contributed by atoms with Gasteiger partial charge in [0.2, 0.25) is 0 Å². The Balaban J connectivity index is 1.91. The molecule has 1 N–H and O–H groups in total. The zero-order valence-electron chi connectivity index (χ0n) is 12.9. The number of hydrogen-bond acceptors (Lipinski definition) is 3. The summed E-state index contributed by atoms with van der Waals surface area (Å²) in [5.74, 6) is -1.05. The molecule has 1 saturated heterocycles. The van der Waals surface area contributed by atoms with E-state index in [1.165, 1.54) is 18.6 Å². The molecule has 4 heteroatoms. The average Bonchev–Trinajstić information content (AvgIpc) is 2.62. The van der Waals surface area contributed by atoms with Crippen LogP contribution in [0.5, 0.6) is 0 Å². The van der Waals surface area contributed by atoms with Crippen LogP contribution in [0.25, 0.3) is 0 Å². The first-order valence-electron chi connectivity index (χ1n) is 7.89. The van der Waals surface area contributed by atoms with Gasteiger partial charge in [0.1, 0.15) is 0 Å². The number of carbonyl (C=O) groups is 2. The first-order chi connectivity index (χ1) is 11.2. The number of hydrogen-bond donors (Lipinski definition) is 1. The summed E-state index contributed by atoms with van der Waals surface area (Å²) < 4.78 is 0. The Bertz CT molecular complexity index is 716. The van der Waals surface area contributed by atoms with Crippen LogP contribution in [0.2, 0.25) is 0 Å². The lowest BCUT2D eigenvalue weighted by atomic mass is 9.99. The van der Waals surface area contributed by atoms with E-state index in [1.807, 2.05) is 24.3 Å². The fraction of sp³-hybridized carbons (Fsp3) is 0.263. The van der Waals surface area contributed by atoms with Crippen LogP contribution < -0.4 is 4.90 Å². The average molecular weight is 309 g/mol. The van der Waals surface area contributed by atoms with Gasteiger partial charge in [0, 0.05) is 29.9 Å². The molecule has 0 aromatic heterocycles. The lowest BCUT2D eigenvalue weighted by Gasteiger charge is -2.30. The Morgan fingerprint density at radius 2 is 1.43 bits per heavy atom. The molecule has 0 saturated carbocycles. The number of benzene rings is 2. The van der Waals surface area contributed by atoms with E-state index in [9.17, 15) is 9.59 Å². The summed E-state index contributed by atoms with van der Waals surface area (Å²) >= 11 is 0. The van der Waals surface area contributed by atoms with E-state index >= 15 is 0 Å². The number of carboxylic acid groups (broad SMARTS) is 1. The quantitative estimate of drug-likeness (QED) is 0.877. The maximum absolute atomic E-state index is 12.8. The number of ketones is 1. The fourth-order valence-corrected chi connectivity index (χ4v) is 3.00. The minimum atomic E-state index is -0.988. The number of aromatic carboxylic acids is 1. The minimum absolute atomic E-state index is 0.0666. The SMILES string of the molecule is O=C(O)c1ccc(C(=O)c2ccccc2N2CCCCC2)cc1. The molecule has 2 aromatic carbocycles. The highest BCUT2D eigenvalue weighted by Crippen LogP contribution is 2.26. The predicted molar refractivity (Wildman–Crippen MR) is 89.3 cm³/mol. The lowest BCUT2D eigenvalue weighted by molar-refractivity contribution is 0.0696. The van der Waals surface area contributed by atoms with Crippen molar-refractivity contribution in [2.45, 2.75) is 19.3 Å². The normalized spacial score (nSPS) is 14.5. The molecule has 0 amide bonds. The molecule has 4 nitrogen and oxygen atoms in total. The molecule has 2 aromatic rings. The minimum Gasteiger partial charge on any atom is -0.478 e. The van der Waals surface area contributed by atoms with Crippen molar-refractivity contribution in [2.75, 3.05) is 18.0 Å². The highest BCUT2D eigenvalue weighted by Gasteiger charge is 2.19. The maximum Gasteiger partial charge on any atom is 0.335 e. The Morgan fingerprint density at radius 1 is 0.826 bits per heavy atom. The summed E-state index contributed by atoms with van der Waals surface area (Å²) in [6.07, 6.45) is 3.54. The Labute approximate surface area is 135 Å². The van der Waals surface area contributed by atoms with Crippen molar-refractivity contribution in [3.8, 4) is 0 Å². The van der Waals surface area contributed by atoms with E-state index in [-0.39, 0.29) is 11.3 Å². The molecular formula is C19H19NO3. The smallest absolute Gasteiger partial charge is 0.335 e. The van der Waals surface area contributed by atoms with Gasteiger partial charge in [0.05, 0.1) is 5.56 Å². The molecule has 0 aliphatic carbocycles. The zero-order chi connectivity index (χ0) is 16.2. The summed E-state index contributed by atoms with van der Waals surface area (Å²) in [4.78, 5) is 26.0. The van der Waals surface area contributed by atoms with Crippen LogP contribution in [0, 0.1) is 0 Å². The van der Waals surface area contributed by atoms with E-state index in [0.29, 0.717) is 11.1 Å². The molecule has 1 fully saturated rings. The molecule has 0 bridgehead atoms. The molecule has 118 valence electrons. The number of anilines is 1. The summed E-state index contributed by atoms with van der Waals surface area (Å²) in [5.41, 5.74) is 2.35. The van der Waals surface area contributed by atoms with Crippen LogP contribution in [0.4, 0.5) is 5.69 Å². The monoisotopic (exact) mass is 309 g/mol. The number of rotatable bonds is 4. The third-order valence-electron chi connectivity index (χ3n) is 4.24. The largest absolute Gasteiger partial charge is 0.478 e. The van der Waals surface area contributed by atoms with Crippen molar-refractivity contribution >= 4 is 17.4 Å². The van der Waals surface area contributed by atoms with Gasteiger partial charge in [-0.3, -0.25) is 4.79 Å². The summed E-state index contributed by atoms with van der Waals surface area (Å²) in [5, 5.41) is 8.95. The van der Waals surface area contributed by atoms with E-state index < -0.39 is 5.97 Å². The molecule has 1 aliphatic rings. The van der Waals surface area contributed by atoms with Crippen LogP contribution in [-0.2, 0) is 0 Å². The topological polar surface area (TPSA) is 57.6 Å². The predicted octanol–water partition coefficient (Wildman–Crippen LogP) is 3.61. The van der Waals surface area contributed by atoms with Crippen molar-refractivity contribution in [3.05, 3.63) is 65.2 Å². The molecule has 0 spiro atoms. The van der Waals surface area contributed by atoms with Crippen molar-refractivity contribution < 1.29 is 14.7 Å². The maximum atomic E-state index is 12.8. The molecule has 1 heterocycles.